The quantitative estimate of drug-likeness (QED) is 0.392. The molecule has 6 nitrogen and oxygen atoms in total. The molecule has 4 aromatic rings. The van der Waals surface area contributed by atoms with E-state index in [1.807, 2.05) is 74.5 Å². The molecule has 4 rings (SSSR count). The third-order valence-corrected chi connectivity index (χ3v) is 5.29. The topological polar surface area (TPSA) is 71.8 Å². The number of carbonyl (C=O) groups excluding carboxylic acids is 1. The Balaban J connectivity index is 1.48. The maximum Gasteiger partial charge on any atom is 0.259 e. The Hall–Kier alpha value is -3.93. The molecule has 1 unspecified atom stereocenters. The van der Waals surface area contributed by atoms with Gasteiger partial charge in [0, 0.05) is 23.6 Å². The van der Waals surface area contributed by atoms with E-state index in [9.17, 15) is 4.79 Å². The minimum atomic E-state index is -0.186. The summed E-state index contributed by atoms with van der Waals surface area (Å²) in [5.41, 5.74) is 4.32. The molecule has 0 aliphatic rings. The molecule has 2 aromatic heterocycles. The fourth-order valence-corrected chi connectivity index (χ4v) is 3.67. The van der Waals surface area contributed by atoms with Crippen molar-refractivity contribution in [2.24, 2.45) is 0 Å². The van der Waals surface area contributed by atoms with Gasteiger partial charge in [-0.05, 0) is 54.8 Å². The SMILES string of the molecule is CC(C)c1c(C(=O)Nc2ccc(NC(C)c3ccccc3)cc2)cnn1-c1ccccn1. The Kier molecular flexibility index (Phi) is 6.31. The summed E-state index contributed by atoms with van der Waals surface area (Å²) in [6, 6.07) is 23.8. The highest BCUT2D eigenvalue weighted by atomic mass is 16.1. The van der Waals surface area contributed by atoms with E-state index in [-0.39, 0.29) is 17.9 Å². The zero-order valence-electron chi connectivity index (χ0n) is 18.5. The summed E-state index contributed by atoms with van der Waals surface area (Å²) in [5, 5.41) is 10.9. The number of benzene rings is 2. The Morgan fingerprint density at radius 2 is 1.56 bits per heavy atom. The fraction of sp³-hybridized carbons (Fsp3) is 0.192. The second kappa shape index (κ2) is 9.47. The highest BCUT2D eigenvalue weighted by Crippen LogP contribution is 2.24. The number of nitrogens with one attached hydrogen (secondary N) is 2. The molecular formula is C26H27N5O. The van der Waals surface area contributed by atoms with Crippen LogP contribution in [0.4, 0.5) is 11.4 Å². The summed E-state index contributed by atoms with van der Waals surface area (Å²) < 4.78 is 1.73. The minimum Gasteiger partial charge on any atom is -0.379 e. The Bertz CT molecular complexity index is 1170. The predicted octanol–water partition coefficient (Wildman–Crippen LogP) is 5.82. The van der Waals surface area contributed by atoms with E-state index in [0.29, 0.717) is 11.4 Å². The van der Waals surface area contributed by atoms with E-state index in [1.165, 1.54) is 5.56 Å². The molecule has 0 saturated carbocycles. The molecule has 0 aliphatic carbocycles. The van der Waals surface area contributed by atoms with Gasteiger partial charge < -0.3 is 10.6 Å². The molecule has 2 N–H and O–H groups in total. The molecule has 0 bridgehead atoms. The molecule has 0 aliphatic heterocycles. The van der Waals surface area contributed by atoms with Crippen molar-refractivity contribution in [2.75, 3.05) is 10.6 Å². The van der Waals surface area contributed by atoms with Gasteiger partial charge in [0.05, 0.1) is 17.5 Å². The number of hydrogen-bond acceptors (Lipinski definition) is 4. The van der Waals surface area contributed by atoms with Gasteiger partial charge >= 0.3 is 0 Å². The molecule has 1 atom stereocenters. The summed E-state index contributed by atoms with van der Waals surface area (Å²) in [6.07, 6.45) is 3.33. The van der Waals surface area contributed by atoms with Gasteiger partial charge in [-0.15, -0.1) is 0 Å². The predicted molar refractivity (Wildman–Crippen MR) is 128 cm³/mol. The molecular weight excluding hydrogens is 398 g/mol. The van der Waals surface area contributed by atoms with Crippen molar-refractivity contribution in [3.05, 3.63) is 102 Å². The third kappa shape index (κ3) is 4.70. The van der Waals surface area contributed by atoms with Crippen LogP contribution in [0, 0.1) is 0 Å². The smallest absolute Gasteiger partial charge is 0.259 e. The number of pyridine rings is 1. The number of hydrogen-bond donors (Lipinski definition) is 2. The lowest BCUT2D eigenvalue weighted by Gasteiger charge is -2.16. The molecule has 0 radical (unpaired) electrons. The minimum absolute atomic E-state index is 0.103. The Labute approximate surface area is 188 Å². The normalized spacial score (nSPS) is 11.9. The number of anilines is 2. The average Bonchev–Trinajstić information content (AvgIpc) is 3.27. The van der Waals surface area contributed by atoms with Crippen molar-refractivity contribution < 1.29 is 4.79 Å². The first-order valence-electron chi connectivity index (χ1n) is 10.7. The van der Waals surface area contributed by atoms with Crippen molar-refractivity contribution in [3.63, 3.8) is 0 Å². The molecule has 6 heteroatoms. The fourth-order valence-electron chi connectivity index (χ4n) is 3.67. The van der Waals surface area contributed by atoms with Crippen LogP contribution in [0.5, 0.6) is 0 Å². The van der Waals surface area contributed by atoms with Gasteiger partial charge in [-0.1, -0.05) is 50.2 Å². The first kappa shape index (κ1) is 21.3. The van der Waals surface area contributed by atoms with E-state index in [4.69, 9.17) is 0 Å². The van der Waals surface area contributed by atoms with Crippen molar-refractivity contribution in [2.45, 2.75) is 32.7 Å². The van der Waals surface area contributed by atoms with E-state index in [1.54, 1.807) is 17.1 Å². The van der Waals surface area contributed by atoms with E-state index in [2.05, 4.69) is 39.8 Å². The summed E-state index contributed by atoms with van der Waals surface area (Å²) in [6.45, 7) is 6.21. The van der Waals surface area contributed by atoms with Crippen molar-refractivity contribution in [1.82, 2.24) is 14.8 Å². The molecule has 162 valence electrons. The van der Waals surface area contributed by atoms with Crippen LogP contribution in [-0.4, -0.2) is 20.7 Å². The molecule has 2 heterocycles. The van der Waals surface area contributed by atoms with E-state index < -0.39 is 0 Å². The van der Waals surface area contributed by atoms with Crippen molar-refractivity contribution >= 4 is 17.3 Å². The first-order valence-corrected chi connectivity index (χ1v) is 10.7. The molecule has 32 heavy (non-hydrogen) atoms. The lowest BCUT2D eigenvalue weighted by atomic mass is 10.1. The highest BCUT2D eigenvalue weighted by molar-refractivity contribution is 6.05. The van der Waals surface area contributed by atoms with Crippen molar-refractivity contribution in [1.29, 1.82) is 0 Å². The monoisotopic (exact) mass is 425 g/mol. The summed E-state index contributed by atoms with van der Waals surface area (Å²) in [7, 11) is 0. The number of amides is 1. The molecule has 2 aromatic carbocycles. The first-order chi connectivity index (χ1) is 15.5. The van der Waals surface area contributed by atoms with Crippen LogP contribution in [0.25, 0.3) is 5.82 Å². The van der Waals surface area contributed by atoms with Crippen LogP contribution in [0.2, 0.25) is 0 Å². The van der Waals surface area contributed by atoms with Crippen LogP contribution in [-0.2, 0) is 0 Å². The lowest BCUT2D eigenvalue weighted by molar-refractivity contribution is 0.102. The maximum atomic E-state index is 13.0. The van der Waals surface area contributed by atoms with Crippen LogP contribution >= 0.6 is 0 Å². The lowest BCUT2D eigenvalue weighted by Crippen LogP contribution is -2.15. The summed E-state index contributed by atoms with van der Waals surface area (Å²) in [5.74, 6) is 0.610. The Morgan fingerprint density at radius 3 is 2.22 bits per heavy atom. The van der Waals surface area contributed by atoms with Gasteiger partial charge in [-0.2, -0.15) is 5.10 Å². The second-order valence-electron chi connectivity index (χ2n) is 8.01. The molecule has 0 spiro atoms. The number of rotatable bonds is 7. The number of carbonyl (C=O) groups is 1. The maximum absolute atomic E-state index is 13.0. The highest BCUT2D eigenvalue weighted by Gasteiger charge is 2.21. The van der Waals surface area contributed by atoms with Gasteiger partial charge in [0.1, 0.15) is 0 Å². The largest absolute Gasteiger partial charge is 0.379 e. The number of nitrogens with zero attached hydrogens (tertiary/aromatic N) is 3. The summed E-state index contributed by atoms with van der Waals surface area (Å²) in [4.78, 5) is 17.4. The van der Waals surface area contributed by atoms with Gasteiger partial charge in [0.2, 0.25) is 0 Å². The van der Waals surface area contributed by atoms with Gasteiger partial charge in [-0.25, -0.2) is 9.67 Å². The van der Waals surface area contributed by atoms with Crippen LogP contribution in [0.1, 0.15) is 54.3 Å². The van der Waals surface area contributed by atoms with Gasteiger partial charge in [0.15, 0.2) is 5.82 Å². The third-order valence-electron chi connectivity index (χ3n) is 5.29. The van der Waals surface area contributed by atoms with Gasteiger partial charge in [-0.3, -0.25) is 4.79 Å². The number of aromatic nitrogens is 3. The van der Waals surface area contributed by atoms with Crippen LogP contribution < -0.4 is 10.6 Å². The van der Waals surface area contributed by atoms with Crippen LogP contribution in [0.15, 0.2) is 85.2 Å². The Morgan fingerprint density at radius 1 is 0.875 bits per heavy atom. The zero-order valence-corrected chi connectivity index (χ0v) is 18.5. The average molecular weight is 426 g/mol. The molecule has 0 saturated heterocycles. The van der Waals surface area contributed by atoms with Crippen LogP contribution in [0.3, 0.4) is 0 Å². The van der Waals surface area contributed by atoms with E-state index in [0.717, 1.165) is 17.1 Å². The molecule has 0 fully saturated rings. The van der Waals surface area contributed by atoms with E-state index >= 15 is 0 Å². The second-order valence-corrected chi connectivity index (χ2v) is 8.01. The summed E-state index contributed by atoms with van der Waals surface area (Å²) >= 11 is 0. The van der Waals surface area contributed by atoms with Crippen molar-refractivity contribution in [3.8, 4) is 5.82 Å². The standard InChI is InChI=1S/C26H27N5O/c1-18(2)25-23(17-28-31(25)24-11-7-8-16-27-24)26(32)30-22-14-12-21(13-15-22)29-19(3)20-9-5-4-6-10-20/h4-19,29H,1-3H3,(H,30,32). The zero-order chi connectivity index (χ0) is 22.5. The van der Waals surface area contributed by atoms with Gasteiger partial charge in [0.25, 0.3) is 5.91 Å². The molecule has 1 amide bonds.